The Hall–Kier alpha value is -0.660. The lowest BCUT2D eigenvalue weighted by Gasteiger charge is -2.36. The molecule has 160 valence electrons. The maximum absolute atomic E-state index is 2.61. The molecule has 0 saturated carbocycles. The Balaban J connectivity index is 2.07. The maximum Gasteiger partial charge on any atom is 0.103 e. The molecule has 0 spiro atoms. The monoisotopic (exact) mass is 378 g/mol. The molecule has 1 atom stereocenters. The fourth-order valence-corrected chi connectivity index (χ4v) is 4.40. The van der Waals surface area contributed by atoms with Crippen LogP contribution in [-0.2, 0) is 0 Å². The zero-order chi connectivity index (χ0) is 19.7. The Morgan fingerprint density at radius 3 is 1.26 bits per heavy atom. The van der Waals surface area contributed by atoms with Gasteiger partial charge in [-0.25, -0.2) is 0 Å². The molecule has 1 aliphatic rings. The summed E-state index contributed by atoms with van der Waals surface area (Å²) in [6.45, 7) is 11.8. The lowest BCUT2D eigenvalue weighted by Crippen LogP contribution is -2.43. The van der Waals surface area contributed by atoms with Crippen molar-refractivity contribution < 1.29 is 0 Å². The summed E-state index contributed by atoms with van der Waals surface area (Å²) in [5.41, 5.74) is 0. The zero-order valence-corrected chi connectivity index (χ0v) is 19.2. The zero-order valence-electron chi connectivity index (χ0n) is 19.2. The number of hydrogen-bond acceptors (Lipinski definition) is 2. The number of hydrogen-bond donors (Lipinski definition) is 0. The number of nitrogens with zero attached hydrogens (tertiary/aromatic N) is 2. The van der Waals surface area contributed by atoms with E-state index in [0.29, 0.717) is 12.1 Å². The molecule has 27 heavy (non-hydrogen) atoms. The Labute approximate surface area is 171 Å². The van der Waals surface area contributed by atoms with Crippen molar-refractivity contribution in [3.63, 3.8) is 0 Å². The van der Waals surface area contributed by atoms with Crippen LogP contribution < -0.4 is 0 Å². The molecule has 1 heterocycles. The van der Waals surface area contributed by atoms with Crippen molar-refractivity contribution in [2.24, 2.45) is 5.92 Å². The van der Waals surface area contributed by atoms with Gasteiger partial charge in [0.15, 0.2) is 0 Å². The first-order chi connectivity index (χ1) is 13.2. The first-order valence-corrected chi connectivity index (χ1v) is 12.4. The number of unbranched alkanes of at least 4 members (excludes halogenated alkanes) is 13. The van der Waals surface area contributed by atoms with Gasteiger partial charge in [0.25, 0.3) is 0 Å². The highest BCUT2D eigenvalue weighted by Gasteiger charge is 2.27. The smallest absolute Gasteiger partial charge is 0.103 e. The van der Waals surface area contributed by atoms with E-state index in [-0.39, 0.29) is 0 Å². The lowest BCUT2D eigenvalue weighted by atomic mass is 10.1. The van der Waals surface area contributed by atoms with E-state index in [4.69, 9.17) is 0 Å². The van der Waals surface area contributed by atoms with Gasteiger partial charge in [-0.2, -0.15) is 0 Å². The normalized spacial score (nSPS) is 16.9. The van der Waals surface area contributed by atoms with Crippen LogP contribution in [0.15, 0.2) is 12.4 Å². The van der Waals surface area contributed by atoms with Gasteiger partial charge < -0.3 is 9.80 Å². The third-order valence-corrected chi connectivity index (χ3v) is 6.02. The third-order valence-electron chi connectivity index (χ3n) is 6.02. The van der Waals surface area contributed by atoms with Gasteiger partial charge in [0, 0.05) is 25.5 Å². The second-order valence-corrected chi connectivity index (χ2v) is 9.03. The van der Waals surface area contributed by atoms with Crippen LogP contribution in [0.25, 0.3) is 0 Å². The molecule has 0 aromatic heterocycles. The minimum Gasteiger partial charge on any atom is -0.356 e. The van der Waals surface area contributed by atoms with E-state index < -0.39 is 0 Å². The average Bonchev–Trinajstić information content (AvgIpc) is 3.06. The van der Waals surface area contributed by atoms with Crippen LogP contribution in [0.4, 0.5) is 0 Å². The average molecular weight is 379 g/mol. The van der Waals surface area contributed by atoms with Crippen molar-refractivity contribution in [3.8, 4) is 0 Å². The van der Waals surface area contributed by atoms with E-state index in [1.807, 2.05) is 0 Å². The quantitative estimate of drug-likeness (QED) is 0.223. The molecular formula is C25H50N2. The molecule has 0 aliphatic carbocycles. The van der Waals surface area contributed by atoms with E-state index in [9.17, 15) is 0 Å². The van der Waals surface area contributed by atoms with Gasteiger partial charge in [-0.05, 0) is 18.8 Å². The second kappa shape index (κ2) is 16.3. The third kappa shape index (κ3) is 11.1. The Morgan fingerprint density at radius 2 is 0.889 bits per heavy atom. The molecule has 2 nitrogen and oxygen atoms in total. The Kier molecular flexibility index (Phi) is 14.7. The molecule has 0 aromatic rings. The van der Waals surface area contributed by atoms with Crippen molar-refractivity contribution in [2.75, 3.05) is 13.1 Å². The van der Waals surface area contributed by atoms with Gasteiger partial charge in [0.2, 0.25) is 0 Å². The Morgan fingerprint density at radius 1 is 0.556 bits per heavy atom. The maximum atomic E-state index is 2.61. The minimum atomic E-state index is 0.592. The first kappa shape index (κ1) is 24.4. The van der Waals surface area contributed by atoms with Gasteiger partial charge in [-0.3, -0.25) is 0 Å². The van der Waals surface area contributed by atoms with E-state index in [0.717, 1.165) is 0 Å². The van der Waals surface area contributed by atoms with Gasteiger partial charge in [0.1, 0.15) is 6.17 Å². The predicted octanol–water partition coefficient (Wildman–Crippen LogP) is 7.95. The molecule has 0 N–H and O–H groups in total. The molecule has 2 heteroatoms. The molecule has 0 fully saturated rings. The summed E-state index contributed by atoms with van der Waals surface area (Å²) in [6.07, 6.45) is 26.4. The highest BCUT2D eigenvalue weighted by Crippen LogP contribution is 2.24. The summed E-state index contributed by atoms with van der Waals surface area (Å²) in [7, 11) is 0. The van der Waals surface area contributed by atoms with E-state index in [1.165, 1.54) is 109 Å². The molecule has 0 amide bonds. The summed E-state index contributed by atoms with van der Waals surface area (Å²) in [5, 5.41) is 0. The molecule has 1 aliphatic heterocycles. The topological polar surface area (TPSA) is 6.48 Å². The summed E-state index contributed by atoms with van der Waals surface area (Å²) < 4.78 is 0. The number of rotatable bonds is 18. The summed E-state index contributed by atoms with van der Waals surface area (Å²) in [4.78, 5) is 5.21. The fraction of sp³-hybridized carbons (Fsp3) is 0.920. The van der Waals surface area contributed by atoms with Crippen molar-refractivity contribution >= 4 is 0 Å². The standard InChI is InChI=1S/C25H50N2/c1-5-7-9-11-12-13-14-15-16-17-19-21-27-23-22-26(25(27)24(3)4)20-18-10-8-6-2/h22-25H,5-21H2,1-4H3. The van der Waals surface area contributed by atoms with Gasteiger partial charge in [-0.1, -0.05) is 111 Å². The highest BCUT2D eigenvalue weighted by atomic mass is 15.4. The van der Waals surface area contributed by atoms with Crippen LogP contribution in [-0.4, -0.2) is 29.1 Å². The predicted molar refractivity (Wildman–Crippen MR) is 122 cm³/mol. The minimum absolute atomic E-state index is 0.592. The van der Waals surface area contributed by atoms with Crippen LogP contribution in [0.5, 0.6) is 0 Å². The van der Waals surface area contributed by atoms with Gasteiger partial charge in [-0.15, -0.1) is 0 Å². The summed E-state index contributed by atoms with van der Waals surface area (Å²) >= 11 is 0. The molecule has 0 saturated heterocycles. The summed E-state index contributed by atoms with van der Waals surface area (Å²) in [6, 6.07) is 0. The molecule has 0 bridgehead atoms. The molecule has 1 rings (SSSR count). The van der Waals surface area contributed by atoms with Crippen LogP contribution >= 0.6 is 0 Å². The van der Waals surface area contributed by atoms with Crippen LogP contribution in [0.2, 0.25) is 0 Å². The van der Waals surface area contributed by atoms with Crippen molar-refractivity contribution in [1.29, 1.82) is 0 Å². The van der Waals surface area contributed by atoms with Crippen LogP contribution in [0.3, 0.4) is 0 Å². The molecular weight excluding hydrogens is 328 g/mol. The molecule has 0 radical (unpaired) electrons. The van der Waals surface area contributed by atoms with Gasteiger partial charge >= 0.3 is 0 Å². The fourth-order valence-electron chi connectivity index (χ4n) is 4.40. The molecule has 0 aromatic carbocycles. The SMILES string of the molecule is CCCCCCCCCCCCCN1C=CN(CCCCCC)C1C(C)C. The Bertz CT molecular complexity index is 350. The van der Waals surface area contributed by atoms with Crippen LogP contribution in [0, 0.1) is 5.92 Å². The largest absolute Gasteiger partial charge is 0.356 e. The van der Waals surface area contributed by atoms with Crippen molar-refractivity contribution in [3.05, 3.63) is 12.4 Å². The van der Waals surface area contributed by atoms with E-state index in [2.05, 4.69) is 49.9 Å². The van der Waals surface area contributed by atoms with Crippen molar-refractivity contribution in [1.82, 2.24) is 9.80 Å². The lowest BCUT2D eigenvalue weighted by molar-refractivity contribution is 0.104. The summed E-state index contributed by atoms with van der Waals surface area (Å²) in [5.74, 6) is 0.693. The van der Waals surface area contributed by atoms with E-state index >= 15 is 0 Å². The highest BCUT2D eigenvalue weighted by molar-refractivity contribution is 4.98. The van der Waals surface area contributed by atoms with Crippen LogP contribution in [0.1, 0.15) is 124 Å². The van der Waals surface area contributed by atoms with E-state index in [1.54, 1.807) is 0 Å². The van der Waals surface area contributed by atoms with Gasteiger partial charge in [0.05, 0.1) is 0 Å². The van der Waals surface area contributed by atoms with Crippen molar-refractivity contribution in [2.45, 2.75) is 130 Å². The molecule has 1 unspecified atom stereocenters. The second-order valence-electron chi connectivity index (χ2n) is 9.03. The first-order valence-electron chi connectivity index (χ1n) is 12.4.